The van der Waals surface area contributed by atoms with Gasteiger partial charge in [-0.1, -0.05) is 166 Å². The van der Waals surface area contributed by atoms with Gasteiger partial charge in [0.2, 0.25) is 0 Å². The molecule has 2 N–H and O–H groups in total. The molecule has 1 aliphatic rings. The quantitative estimate of drug-likeness (QED) is 0.321. The van der Waals surface area contributed by atoms with Crippen LogP contribution in [0.3, 0.4) is 0 Å². The Hall–Kier alpha value is -2.80. The molecule has 1 heteroatoms. The molecule has 0 amide bonds. The van der Waals surface area contributed by atoms with E-state index in [1.165, 1.54) is 59.1 Å². The molecule has 0 aromatic heterocycles. The maximum absolute atomic E-state index is 6.25. The first-order valence-electron chi connectivity index (χ1n) is 15.3. The maximum Gasteiger partial charge on any atom is 0.0602 e. The minimum atomic E-state index is -0.206. The summed E-state index contributed by atoms with van der Waals surface area (Å²) in [6.45, 7) is 27.4. The normalized spacial score (nSPS) is 13.7. The number of benzene rings is 2. The predicted molar refractivity (Wildman–Crippen MR) is 179 cm³/mol. The van der Waals surface area contributed by atoms with Crippen molar-refractivity contribution in [3.63, 3.8) is 0 Å². The van der Waals surface area contributed by atoms with Crippen LogP contribution < -0.4 is 5.73 Å². The topological polar surface area (TPSA) is 26.0 Å². The zero-order chi connectivity index (χ0) is 29.8. The van der Waals surface area contributed by atoms with E-state index in [2.05, 4.69) is 123 Å². The van der Waals surface area contributed by atoms with E-state index in [4.69, 9.17) is 5.73 Å². The predicted octanol–water partition coefficient (Wildman–Crippen LogP) is 11.9. The molecule has 0 bridgehead atoms. The third kappa shape index (κ3) is 10.4. The van der Waals surface area contributed by atoms with E-state index < -0.39 is 0 Å². The van der Waals surface area contributed by atoms with Crippen molar-refractivity contribution in [3.8, 4) is 11.1 Å². The number of nitrogens with two attached hydrogens (primary N) is 1. The first-order valence-corrected chi connectivity index (χ1v) is 15.3. The standard InChI is InChI=1S/C18H19N.C10H16.C7H16.C3H8/c1-3-12-18(13(2)19)16-10-6-4-8-14(16)15-9-5-7-11-17(15)18;1-5-8-10(7-3)9(4)6-2;1-4-6-7(3)5-2;1-3-2/h4-11H,2-3,12,19H2,1H3;5,7-8H,3,6H2,1-2,4H3;7H,4-6H2,1-3H3;3H2,1-2H3/b;8-5-,10-9+;;. The first kappa shape index (κ1) is 36.2. The van der Waals surface area contributed by atoms with E-state index in [1.54, 1.807) is 0 Å². The van der Waals surface area contributed by atoms with Crippen LogP contribution in [0.5, 0.6) is 0 Å². The lowest BCUT2D eigenvalue weighted by molar-refractivity contribution is 0.509. The minimum Gasteiger partial charge on any atom is -0.402 e. The Morgan fingerprint density at radius 3 is 1.69 bits per heavy atom. The van der Waals surface area contributed by atoms with E-state index >= 15 is 0 Å². The van der Waals surface area contributed by atoms with Gasteiger partial charge in [-0.15, -0.1) is 0 Å². The molecule has 216 valence electrons. The molecule has 1 atom stereocenters. The molecular weight excluding hydrogens is 470 g/mol. The average molecular weight is 530 g/mol. The molecular formula is C38H59N. The van der Waals surface area contributed by atoms with Crippen LogP contribution in [0.1, 0.15) is 118 Å². The van der Waals surface area contributed by atoms with Gasteiger partial charge in [-0.2, -0.15) is 0 Å². The van der Waals surface area contributed by atoms with Gasteiger partial charge in [0, 0.05) is 5.70 Å². The van der Waals surface area contributed by atoms with E-state index in [9.17, 15) is 0 Å². The summed E-state index contributed by atoms with van der Waals surface area (Å²) in [5, 5.41) is 0. The van der Waals surface area contributed by atoms with E-state index in [0.717, 1.165) is 30.9 Å². The van der Waals surface area contributed by atoms with Crippen molar-refractivity contribution in [2.45, 2.75) is 113 Å². The number of allylic oxidation sites excluding steroid dienone is 6. The lowest BCUT2D eigenvalue weighted by Gasteiger charge is -2.32. The van der Waals surface area contributed by atoms with Crippen molar-refractivity contribution in [1.82, 2.24) is 0 Å². The summed E-state index contributed by atoms with van der Waals surface area (Å²) in [5.74, 6) is 0.949. The van der Waals surface area contributed by atoms with Crippen molar-refractivity contribution < 1.29 is 0 Å². The molecule has 0 heterocycles. The smallest absolute Gasteiger partial charge is 0.0602 e. The second-order valence-corrected chi connectivity index (χ2v) is 10.6. The Bertz CT molecular complexity index is 991. The van der Waals surface area contributed by atoms with Crippen molar-refractivity contribution in [3.05, 3.63) is 108 Å². The van der Waals surface area contributed by atoms with E-state index in [0.29, 0.717) is 0 Å². The molecule has 1 aliphatic carbocycles. The minimum absolute atomic E-state index is 0.206. The number of fused-ring (bicyclic) bond motifs is 3. The van der Waals surface area contributed by atoms with Gasteiger partial charge in [0.05, 0.1) is 5.41 Å². The Kier molecular flexibility index (Phi) is 18.7. The van der Waals surface area contributed by atoms with Crippen LogP contribution in [0.25, 0.3) is 11.1 Å². The summed E-state index contributed by atoms with van der Waals surface area (Å²) in [6, 6.07) is 17.2. The fourth-order valence-corrected chi connectivity index (χ4v) is 4.94. The fourth-order valence-electron chi connectivity index (χ4n) is 4.94. The van der Waals surface area contributed by atoms with E-state index in [-0.39, 0.29) is 5.41 Å². The lowest BCUT2D eigenvalue weighted by Crippen LogP contribution is -2.31. The average Bonchev–Trinajstić information content (AvgIpc) is 3.24. The van der Waals surface area contributed by atoms with Gasteiger partial charge in [0.1, 0.15) is 0 Å². The summed E-state index contributed by atoms with van der Waals surface area (Å²) >= 11 is 0. The van der Waals surface area contributed by atoms with Gasteiger partial charge < -0.3 is 5.73 Å². The molecule has 0 saturated carbocycles. The highest BCUT2D eigenvalue weighted by Gasteiger charge is 2.43. The molecule has 1 unspecified atom stereocenters. The van der Waals surface area contributed by atoms with Gasteiger partial charge in [-0.25, -0.2) is 0 Å². The second kappa shape index (κ2) is 20.2. The summed E-state index contributed by atoms with van der Waals surface area (Å²) in [5.41, 5.74) is 14.7. The van der Waals surface area contributed by atoms with Crippen LogP contribution in [-0.2, 0) is 5.41 Å². The molecule has 2 aromatic rings. The zero-order valence-corrected chi connectivity index (χ0v) is 26.9. The third-order valence-electron chi connectivity index (χ3n) is 7.30. The highest BCUT2D eigenvalue weighted by atomic mass is 14.7. The van der Waals surface area contributed by atoms with Crippen molar-refractivity contribution in [2.75, 3.05) is 0 Å². The summed E-state index contributed by atoms with van der Waals surface area (Å²) in [4.78, 5) is 0. The largest absolute Gasteiger partial charge is 0.402 e. The van der Waals surface area contributed by atoms with Crippen LogP contribution in [0, 0.1) is 5.92 Å². The fraction of sp³-hybridized carbons (Fsp3) is 0.474. The van der Waals surface area contributed by atoms with Gasteiger partial charge >= 0.3 is 0 Å². The molecule has 0 fully saturated rings. The summed E-state index contributed by atoms with van der Waals surface area (Å²) in [7, 11) is 0. The maximum atomic E-state index is 6.25. The molecule has 0 saturated heterocycles. The van der Waals surface area contributed by atoms with Crippen LogP contribution in [0.4, 0.5) is 0 Å². The Morgan fingerprint density at radius 1 is 0.897 bits per heavy atom. The molecule has 0 radical (unpaired) electrons. The van der Waals surface area contributed by atoms with Gasteiger partial charge in [-0.05, 0) is 60.4 Å². The number of hydrogen-bond donors (Lipinski definition) is 1. The monoisotopic (exact) mass is 529 g/mol. The van der Waals surface area contributed by atoms with Crippen molar-refractivity contribution >= 4 is 0 Å². The third-order valence-corrected chi connectivity index (χ3v) is 7.30. The lowest BCUT2D eigenvalue weighted by atomic mass is 9.72. The Balaban J connectivity index is 0.000000609. The Labute approximate surface area is 243 Å². The molecule has 1 nitrogen and oxygen atoms in total. The highest BCUT2D eigenvalue weighted by molar-refractivity contribution is 5.82. The van der Waals surface area contributed by atoms with E-state index in [1.807, 2.05) is 19.1 Å². The van der Waals surface area contributed by atoms with Crippen LogP contribution in [0.2, 0.25) is 0 Å². The van der Waals surface area contributed by atoms with Gasteiger partial charge in [-0.3, -0.25) is 0 Å². The summed E-state index contributed by atoms with van der Waals surface area (Å²) < 4.78 is 0. The SMILES string of the molecule is C=C(N)C1(CCC)c2ccccc2-c2ccccc21.C=CC(/C=C\C)=C(/C)CC.CCC.CCCC(C)CC. The van der Waals surface area contributed by atoms with Crippen LogP contribution in [0.15, 0.2) is 96.8 Å². The van der Waals surface area contributed by atoms with Crippen molar-refractivity contribution in [1.29, 1.82) is 0 Å². The first-order chi connectivity index (χ1) is 18.7. The molecule has 0 aliphatic heterocycles. The molecule has 0 spiro atoms. The summed E-state index contributed by atoms with van der Waals surface area (Å²) in [6.07, 6.45) is 14.6. The van der Waals surface area contributed by atoms with Crippen LogP contribution >= 0.6 is 0 Å². The van der Waals surface area contributed by atoms with Crippen LogP contribution in [-0.4, -0.2) is 0 Å². The second-order valence-electron chi connectivity index (χ2n) is 10.6. The van der Waals surface area contributed by atoms with Gasteiger partial charge in [0.15, 0.2) is 0 Å². The van der Waals surface area contributed by atoms with Crippen molar-refractivity contribution in [2.24, 2.45) is 11.7 Å². The molecule has 39 heavy (non-hydrogen) atoms. The number of hydrogen-bond acceptors (Lipinski definition) is 1. The Morgan fingerprint density at radius 2 is 1.38 bits per heavy atom. The van der Waals surface area contributed by atoms with Gasteiger partial charge in [0.25, 0.3) is 0 Å². The molecule has 2 aromatic carbocycles. The number of rotatable bonds is 9. The molecule has 3 rings (SSSR count). The highest BCUT2D eigenvalue weighted by Crippen LogP contribution is 2.53. The zero-order valence-electron chi connectivity index (χ0n) is 26.9.